The number of rotatable bonds is 4. The van der Waals surface area contributed by atoms with E-state index < -0.39 is 6.10 Å². The molecule has 1 heterocycles. The van der Waals surface area contributed by atoms with E-state index in [9.17, 15) is 9.50 Å². The molecule has 0 saturated carbocycles. The summed E-state index contributed by atoms with van der Waals surface area (Å²) in [7, 11) is 0. The molecule has 100 valence electrons. The van der Waals surface area contributed by atoms with Gasteiger partial charge in [-0.15, -0.1) is 0 Å². The summed E-state index contributed by atoms with van der Waals surface area (Å²) in [6, 6.07) is 6.50. The van der Waals surface area contributed by atoms with Gasteiger partial charge >= 0.3 is 0 Å². The fraction of sp³-hybridized carbons (Fsp3) is 0.600. The lowest BCUT2D eigenvalue weighted by atomic mass is 10.1. The Kier molecular flexibility index (Phi) is 5.14. The molecule has 2 rings (SSSR count). The summed E-state index contributed by atoms with van der Waals surface area (Å²) in [6.07, 6.45) is 5.04. The molecule has 18 heavy (non-hydrogen) atoms. The minimum Gasteiger partial charge on any atom is -0.388 e. The molecule has 1 aliphatic rings. The van der Waals surface area contributed by atoms with Crippen molar-refractivity contribution in [3.63, 3.8) is 0 Å². The van der Waals surface area contributed by atoms with Gasteiger partial charge in [-0.05, 0) is 38.4 Å². The molecule has 1 aliphatic heterocycles. The summed E-state index contributed by atoms with van der Waals surface area (Å²) in [4.78, 5) is 2.39. The van der Waals surface area contributed by atoms with E-state index in [1.54, 1.807) is 18.2 Å². The fourth-order valence-corrected chi connectivity index (χ4v) is 2.57. The van der Waals surface area contributed by atoms with Crippen molar-refractivity contribution < 1.29 is 9.50 Å². The molecule has 1 saturated heterocycles. The Morgan fingerprint density at radius 3 is 2.44 bits per heavy atom. The number of hydrogen-bond acceptors (Lipinski definition) is 2. The van der Waals surface area contributed by atoms with Crippen molar-refractivity contribution in [2.75, 3.05) is 19.6 Å². The minimum absolute atomic E-state index is 0.305. The topological polar surface area (TPSA) is 23.5 Å². The number of aliphatic hydroxyl groups excluding tert-OH is 1. The Labute approximate surface area is 108 Å². The molecular formula is C15H22FNO. The lowest BCUT2D eigenvalue weighted by Crippen LogP contribution is -2.27. The number of halogens is 1. The second kappa shape index (κ2) is 6.86. The van der Waals surface area contributed by atoms with Gasteiger partial charge in [0, 0.05) is 12.1 Å². The zero-order chi connectivity index (χ0) is 12.8. The fourth-order valence-electron chi connectivity index (χ4n) is 2.57. The summed E-state index contributed by atoms with van der Waals surface area (Å²) in [5.74, 6) is -0.305. The lowest BCUT2D eigenvalue weighted by Gasteiger charge is -2.21. The highest BCUT2D eigenvalue weighted by atomic mass is 19.1. The number of nitrogens with zero attached hydrogens (tertiary/aromatic N) is 1. The van der Waals surface area contributed by atoms with Crippen molar-refractivity contribution in [3.05, 3.63) is 35.6 Å². The quantitative estimate of drug-likeness (QED) is 0.888. The molecule has 1 atom stereocenters. The van der Waals surface area contributed by atoms with E-state index in [-0.39, 0.29) is 5.82 Å². The molecule has 0 amide bonds. The normalized spacial score (nSPS) is 19.4. The number of likely N-dealkylation sites (tertiary alicyclic amines) is 1. The Bertz CT molecular complexity index is 361. The number of hydrogen-bond donors (Lipinski definition) is 1. The smallest absolute Gasteiger partial charge is 0.128 e. The average molecular weight is 251 g/mol. The van der Waals surface area contributed by atoms with Crippen LogP contribution >= 0.6 is 0 Å². The van der Waals surface area contributed by atoms with E-state index in [0.29, 0.717) is 12.0 Å². The molecule has 3 heteroatoms. The molecule has 1 aromatic carbocycles. The van der Waals surface area contributed by atoms with E-state index >= 15 is 0 Å². The van der Waals surface area contributed by atoms with Crippen LogP contribution in [0.25, 0.3) is 0 Å². The summed E-state index contributed by atoms with van der Waals surface area (Å²) >= 11 is 0. The van der Waals surface area contributed by atoms with Crippen molar-refractivity contribution >= 4 is 0 Å². The first-order chi connectivity index (χ1) is 8.77. The van der Waals surface area contributed by atoms with E-state index in [0.717, 1.165) is 19.6 Å². The molecule has 1 unspecified atom stereocenters. The Morgan fingerprint density at radius 2 is 1.78 bits per heavy atom. The summed E-state index contributed by atoms with van der Waals surface area (Å²) in [5.41, 5.74) is 0.423. The van der Waals surface area contributed by atoms with Crippen LogP contribution in [0.1, 0.15) is 43.8 Å². The van der Waals surface area contributed by atoms with Crippen LogP contribution in [-0.2, 0) is 0 Å². The Balaban J connectivity index is 1.84. The van der Waals surface area contributed by atoms with Gasteiger partial charge in [-0.3, -0.25) is 0 Å². The third-order valence-electron chi connectivity index (χ3n) is 3.68. The van der Waals surface area contributed by atoms with E-state index in [2.05, 4.69) is 4.90 Å². The summed E-state index contributed by atoms with van der Waals surface area (Å²) in [6.45, 7) is 3.09. The van der Waals surface area contributed by atoms with Crippen LogP contribution in [0.5, 0.6) is 0 Å². The second-order valence-corrected chi connectivity index (χ2v) is 5.08. The van der Waals surface area contributed by atoms with Gasteiger partial charge in [0.15, 0.2) is 0 Å². The average Bonchev–Trinajstić information content (AvgIpc) is 2.65. The number of aliphatic hydroxyl groups is 1. The first-order valence-electron chi connectivity index (χ1n) is 6.92. The first kappa shape index (κ1) is 13.5. The Morgan fingerprint density at radius 1 is 1.11 bits per heavy atom. The van der Waals surface area contributed by atoms with Crippen LogP contribution in [0.4, 0.5) is 4.39 Å². The molecule has 1 N–H and O–H groups in total. The van der Waals surface area contributed by atoms with Gasteiger partial charge in [0.25, 0.3) is 0 Å². The molecule has 0 spiro atoms. The standard InChI is InChI=1S/C15H22FNO/c16-14-8-4-3-7-13(14)15(18)9-12-17-10-5-1-2-6-11-17/h3-4,7-8,15,18H,1-2,5-6,9-12H2. The molecule has 2 nitrogen and oxygen atoms in total. The van der Waals surface area contributed by atoms with Crippen LogP contribution in [0.15, 0.2) is 24.3 Å². The maximum Gasteiger partial charge on any atom is 0.128 e. The van der Waals surface area contributed by atoms with Gasteiger partial charge < -0.3 is 10.0 Å². The van der Waals surface area contributed by atoms with Gasteiger partial charge in [-0.1, -0.05) is 31.0 Å². The van der Waals surface area contributed by atoms with Gasteiger partial charge in [-0.25, -0.2) is 4.39 Å². The maximum atomic E-state index is 13.5. The maximum absolute atomic E-state index is 13.5. The lowest BCUT2D eigenvalue weighted by molar-refractivity contribution is 0.139. The molecular weight excluding hydrogens is 229 g/mol. The molecule has 0 bridgehead atoms. The zero-order valence-electron chi connectivity index (χ0n) is 10.8. The van der Waals surface area contributed by atoms with Crippen molar-refractivity contribution in [1.82, 2.24) is 4.90 Å². The zero-order valence-corrected chi connectivity index (χ0v) is 10.8. The monoisotopic (exact) mass is 251 g/mol. The van der Waals surface area contributed by atoms with Crippen LogP contribution in [-0.4, -0.2) is 29.6 Å². The second-order valence-electron chi connectivity index (χ2n) is 5.08. The largest absolute Gasteiger partial charge is 0.388 e. The first-order valence-corrected chi connectivity index (χ1v) is 6.92. The predicted octanol–water partition coefficient (Wildman–Crippen LogP) is 3.13. The predicted molar refractivity (Wildman–Crippen MR) is 70.9 cm³/mol. The highest BCUT2D eigenvalue weighted by Crippen LogP contribution is 2.20. The van der Waals surface area contributed by atoms with Crippen molar-refractivity contribution in [2.45, 2.75) is 38.2 Å². The van der Waals surface area contributed by atoms with E-state index in [4.69, 9.17) is 0 Å². The van der Waals surface area contributed by atoms with Crippen molar-refractivity contribution in [2.24, 2.45) is 0 Å². The third kappa shape index (κ3) is 3.79. The highest BCUT2D eigenvalue weighted by Gasteiger charge is 2.15. The van der Waals surface area contributed by atoms with Crippen molar-refractivity contribution in [3.8, 4) is 0 Å². The van der Waals surface area contributed by atoms with Crippen LogP contribution in [0.3, 0.4) is 0 Å². The van der Waals surface area contributed by atoms with Crippen LogP contribution in [0.2, 0.25) is 0 Å². The summed E-state index contributed by atoms with van der Waals surface area (Å²) < 4.78 is 13.5. The number of benzene rings is 1. The van der Waals surface area contributed by atoms with Gasteiger partial charge in [0.05, 0.1) is 6.10 Å². The molecule has 1 fully saturated rings. The van der Waals surface area contributed by atoms with Gasteiger partial charge in [0.2, 0.25) is 0 Å². The molecule has 0 aliphatic carbocycles. The van der Waals surface area contributed by atoms with Crippen LogP contribution in [0, 0.1) is 5.82 Å². The van der Waals surface area contributed by atoms with Crippen molar-refractivity contribution in [1.29, 1.82) is 0 Å². The third-order valence-corrected chi connectivity index (χ3v) is 3.68. The summed E-state index contributed by atoms with van der Waals surface area (Å²) in [5, 5.41) is 10.0. The van der Waals surface area contributed by atoms with E-state index in [1.165, 1.54) is 31.7 Å². The molecule has 1 aromatic rings. The van der Waals surface area contributed by atoms with E-state index in [1.807, 2.05) is 0 Å². The van der Waals surface area contributed by atoms with Crippen LogP contribution < -0.4 is 0 Å². The van der Waals surface area contributed by atoms with Gasteiger partial charge in [-0.2, -0.15) is 0 Å². The Hall–Kier alpha value is -0.930. The molecule has 0 radical (unpaired) electrons. The minimum atomic E-state index is -0.686. The highest BCUT2D eigenvalue weighted by molar-refractivity contribution is 5.19. The SMILES string of the molecule is OC(CCN1CCCCCC1)c1ccccc1F. The van der Waals surface area contributed by atoms with Gasteiger partial charge in [0.1, 0.15) is 5.82 Å². The molecule has 0 aromatic heterocycles.